The lowest BCUT2D eigenvalue weighted by Crippen LogP contribution is -2.37. The number of likely N-dealkylation sites (N-methyl/N-ethyl adjacent to an activating group) is 1. The third kappa shape index (κ3) is 45.9. The van der Waals surface area contributed by atoms with E-state index in [2.05, 4.69) is 6.92 Å². The molecule has 9 nitrogen and oxygen atoms in total. The van der Waals surface area contributed by atoms with Crippen LogP contribution in [0.4, 0.5) is 0 Å². The zero-order chi connectivity index (χ0) is 42.1. The minimum atomic E-state index is -4.32. The molecule has 1 N–H and O–H groups in total. The van der Waals surface area contributed by atoms with E-state index in [0.717, 1.165) is 19.3 Å². The molecule has 0 saturated carbocycles. The van der Waals surface area contributed by atoms with Gasteiger partial charge in [0.15, 0.2) is 6.10 Å². The van der Waals surface area contributed by atoms with Crippen LogP contribution in [0.1, 0.15) is 239 Å². The third-order valence-electron chi connectivity index (χ3n) is 10.9. The molecular formula is C47H95NO8P+. The standard InChI is InChI=1S/C47H94NO8P/c1-6-7-8-9-10-11-12-13-14-15-16-17-18-19-20-21-22-23-24-25-26-27-28-29-30-31-32-33-34-35-36-37-38-39-40-47(50)53-43-46(56-45(2)49)44-55-57(51,52)54-42-41-48(3,4)5/h46H,6-44H2,1-5H3/p+1/t46-/m1/s1. The van der Waals surface area contributed by atoms with E-state index in [0.29, 0.717) is 17.4 Å². The number of esters is 2. The number of ether oxygens (including phenoxy) is 2. The highest BCUT2D eigenvalue weighted by Gasteiger charge is 2.26. The van der Waals surface area contributed by atoms with Crippen LogP contribution in [0, 0.1) is 0 Å². The normalized spacial score (nSPS) is 13.4. The molecule has 0 fully saturated rings. The van der Waals surface area contributed by atoms with E-state index in [1.165, 1.54) is 206 Å². The Morgan fingerprint density at radius 1 is 0.509 bits per heavy atom. The van der Waals surface area contributed by atoms with Crippen molar-refractivity contribution in [2.24, 2.45) is 0 Å². The fourth-order valence-corrected chi connectivity index (χ4v) is 7.99. The number of rotatable bonds is 45. The first-order chi connectivity index (χ1) is 27.4. The van der Waals surface area contributed by atoms with Gasteiger partial charge in [-0.25, -0.2) is 4.57 Å². The van der Waals surface area contributed by atoms with Gasteiger partial charge in [0.2, 0.25) is 0 Å². The zero-order valence-electron chi connectivity index (χ0n) is 38.4. The van der Waals surface area contributed by atoms with Crippen molar-refractivity contribution >= 4 is 19.8 Å². The first-order valence-electron chi connectivity index (χ1n) is 24.2. The molecule has 0 heterocycles. The summed E-state index contributed by atoms with van der Waals surface area (Å²) in [6, 6.07) is 0. The Hall–Kier alpha value is -0.990. The lowest BCUT2D eigenvalue weighted by atomic mass is 10.0. The number of phosphoric ester groups is 1. The lowest BCUT2D eigenvalue weighted by Gasteiger charge is -2.24. The molecule has 10 heteroatoms. The molecule has 0 saturated heterocycles. The van der Waals surface area contributed by atoms with Crippen LogP contribution in [0.5, 0.6) is 0 Å². The fourth-order valence-electron chi connectivity index (χ4n) is 7.25. The Labute approximate surface area is 353 Å². The average Bonchev–Trinajstić information content (AvgIpc) is 3.15. The molecular weight excluding hydrogens is 737 g/mol. The largest absolute Gasteiger partial charge is 0.472 e. The molecule has 0 aliphatic heterocycles. The highest BCUT2D eigenvalue weighted by Crippen LogP contribution is 2.43. The van der Waals surface area contributed by atoms with Crippen LogP contribution in [0.15, 0.2) is 0 Å². The second-order valence-electron chi connectivity index (χ2n) is 17.9. The van der Waals surface area contributed by atoms with Crippen LogP contribution < -0.4 is 0 Å². The van der Waals surface area contributed by atoms with Crippen molar-refractivity contribution in [3.63, 3.8) is 0 Å². The molecule has 0 aliphatic rings. The number of nitrogens with zero attached hydrogens (tertiary/aromatic N) is 1. The van der Waals surface area contributed by atoms with E-state index in [1.807, 2.05) is 21.1 Å². The molecule has 0 aromatic rings. The number of carbonyl (C=O) groups is 2. The molecule has 0 aromatic heterocycles. The van der Waals surface area contributed by atoms with Gasteiger partial charge in [-0.1, -0.05) is 219 Å². The number of phosphoric acid groups is 1. The van der Waals surface area contributed by atoms with E-state index in [4.69, 9.17) is 18.5 Å². The van der Waals surface area contributed by atoms with E-state index < -0.39 is 26.5 Å². The second kappa shape index (κ2) is 40.4. The SMILES string of the molecule is CCCCCCCCCCCCCCCCCCCCCCCCCCCCCCCCCCCCC(=O)OC[C@H](COP(=O)(O)OCC[N+](C)(C)C)OC(C)=O. The summed E-state index contributed by atoms with van der Waals surface area (Å²) in [6.45, 7) is 3.41. The van der Waals surface area contributed by atoms with Crippen molar-refractivity contribution in [2.45, 2.75) is 245 Å². The summed E-state index contributed by atoms with van der Waals surface area (Å²) in [5, 5.41) is 0. The van der Waals surface area contributed by atoms with E-state index >= 15 is 0 Å². The summed E-state index contributed by atoms with van der Waals surface area (Å²) in [7, 11) is 1.48. The summed E-state index contributed by atoms with van der Waals surface area (Å²) < 4.78 is 33.0. The van der Waals surface area contributed by atoms with E-state index in [1.54, 1.807) is 0 Å². The number of quaternary nitrogens is 1. The minimum absolute atomic E-state index is 0.0320. The first-order valence-corrected chi connectivity index (χ1v) is 25.7. The molecule has 0 radical (unpaired) electrons. The average molecular weight is 833 g/mol. The topological polar surface area (TPSA) is 108 Å². The van der Waals surface area contributed by atoms with Crippen molar-refractivity contribution < 1.29 is 42.1 Å². The highest BCUT2D eigenvalue weighted by atomic mass is 31.2. The van der Waals surface area contributed by atoms with Crippen LogP contribution in [0.25, 0.3) is 0 Å². The van der Waals surface area contributed by atoms with Crippen molar-refractivity contribution in [2.75, 3.05) is 47.5 Å². The summed E-state index contributed by atoms with van der Waals surface area (Å²) in [5.41, 5.74) is 0. The lowest BCUT2D eigenvalue weighted by molar-refractivity contribution is -0.870. The predicted octanol–water partition coefficient (Wildman–Crippen LogP) is 14.0. The summed E-state index contributed by atoms with van der Waals surface area (Å²) in [4.78, 5) is 33.6. The maximum Gasteiger partial charge on any atom is 0.472 e. The van der Waals surface area contributed by atoms with E-state index in [-0.39, 0.29) is 19.2 Å². The Bertz CT molecular complexity index is 943. The van der Waals surface area contributed by atoms with Crippen LogP contribution in [-0.2, 0) is 32.7 Å². The summed E-state index contributed by atoms with van der Waals surface area (Å²) in [5.74, 6) is -0.977. The molecule has 0 aromatic carbocycles. The van der Waals surface area contributed by atoms with Crippen LogP contribution in [-0.4, -0.2) is 74.9 Å². The molecule has 2 atom stereocenters. The van der Waals surface area contributed by atoms with Gasteiger partial charge in [-0.15, -0.1) is 0 Å². The zero-order valence-corrected chi connectivity index (χ0v) is 39.2. The molecule has 0 aliphatic carbocycles. The fraction of sp³-hybridized carbons (Fsp3) is 0.957. The molecule has 1 unspecified atom stereocenters. The predicted molar refractivity (Wildman–Crippen MR) is 238 cm³/mol. The van der Waals surface area contributed by atoms with Crippen molar-refractivity contribution in [3.05, 3.63) is 0 Å². The Kier molecular flexibility index (Phi) is 39.7. The van der Waals surface area contributed by atoms with Crippen LogP contribution in [0.2, 0.25) is 0 Å². The van der Waals surface area contributed by atoms with Gasteiger partial charge in [-0.05, 0) is 6.42 Å². The van der Waals surface area contributed by atoms with Gasteiger partial charge in [-0.3, -0.25) is 18.6 Å². The Morgan fingerprint density at radius 2 is 0.825 bits per heavy atom. The summed E-state index contributed by atoms with van der Waals surface area (Å²) >= 11 is 0. The van der Waals surface area contributed by atoms with Crippen LogP contribution in [0.3, 0.4) is 0 Å². The van der Waals surface area contributed by atoms with Gasteiger partial charge in [0.25, 0.3) is 0 Å². The highest BCUT2D eigenvalue weighted by molar-refractivity contribution is 7.47. The van der Waals surface area contributed by atoms with Crippen molar-refractivity contribution in [1.29, 1.82) is 0 Å². The minimum Gasteiger partial charge on any atom is -0.462 e. The second-order valence-corrected chi connectivity index (χ2v) is 19.4. The monoisotopic (exact) mass is 833 g/mol. The molecule has 0 amide bonds. The van der Waals surface area contributed by atoms with Gasteiger partial charge in [0.05, 0.1) is 27.7 Å². The Balaban J connectivity index is 3.45. The number of carbonyl (C=O) groups excluding carboxylic acids is 2. The Morgan fingerprint density at radius 3 is 1.12 bits per heavy atom. The van der Waals surface area contributed by atoms with Gasteiger partial charge < -0.3 is 18.9 Å². The van der Waals surface area contributed by atoms with Gasteiger partial charge in [0, 0.05) is 13.3 Å². The van der Waals surface area contributed by atoms with Crippen molar-refractivity contribution in [1.82, 2.24) is 0 Å². The third-order valence-corrected chi connectivity index (χ3v) is 11.9. The number of unbranched alkanes of at least 4 members (excludes halogenated alkanes) is 33. The first kappa shape index (κ1) is 56.0. The molecule has 57 heavy (non-hydrogen) atoms. The molecule has 0 bridgehead atoms. The molecule has 340 valence electrons. The quantitative estimate of drug-likeness (QED) is 0.0280. The maximum atomic E-state index is 12.2. The van der Waals surface area contributed by atoms with Gasteiger partial charge in [-0.2, -0.15) is 0 Å². The van der Waals surface area contributed by atoms with E-state index in [9.17, 15) is 19.0 Å². The van der Waals surface area contributed by atoms with Gasteiger partial charge in [0.1, 0.15) is 19.8 Å². The smallest absolute Gasteiger partial charge is 0.462 e. The van der Waals surface area contributed by atoms with Gasteiger partial charge >= 0.3 is 19.8 Å². The number of hydrogen-bond donors (Lipinski definition) is 1. The van der Waals surface area contributed by atoms with Crippen molar-refractivity contribution in [3.8, 4) is 0 Å². The maximum absolute atomic E-state index is 12.2. The van der Waals surface area contributed by atoms with Crippen LogP contribution >= 0.6 is 7.82 Å². The molecule has 0 rings (SSSR count). The number of hydrogen-bond acceptors (Lipinski definition) is 7. The molecule has 0 spiro atoms. The summed E-state index contributed by atoms with van der Waals surface area (Å²) in [6.07, 6.45) is 46.0.